The molecule has 76 valence electrons. The van der Waals surface area contributed by atoms with Gasteiger partial charge in [0.15, 0.2) is 0 Å². The molecule has 0 amide bonds. The molecule has 0 radical (unpaired) electrons. The Balaban J connectivity index is 0. The second-order valence-corrected chi connectivity index (χ2v) is 3.73. The maximum atomic E-state index is 6.27. The predicted molar refractivity (Wildman–Crippen MR) is 62.1 cm³/mol. The van der Waals surface area contributed by atoms with E-state index in [1.165, 1.54) is 0 Å². The van der Waals surface area contributed by atoms with Crippen molar-refractivity contribution >= 4 is 29.6 Å². The molecule has 0 fully saturated rings. The van der Waals surface area contributed by atoms with Crippen molar-refractivity contribution in [2.24, 2.45) is 11.5 Å². The first-order chi connectivity index (χ1) is 5.49. The first-order valence-corrected chi connectivity index (χ1v) is 5.07. The molecule has 0 atom stereocenters. The summed E-state index contributed by atoms with van der Waals surface area (Å²) in [6.07, 6.45) is 3.84. The van der Waals surface area contributed by atoms with E-state index in [1.54, 1.807) is 0 Å². The number of rotatable bonds is 5. The van der Waals surface area contributed by atoms with Crippen LogP contribution in [0, 0.1) is 0 Å². The molecule has 0 unspecified atom stereocenters. The fourth-order valence-corrected chi connectivity index (χ4v) is 1.91. The summed E-state index contributed by atoms with van der Waals surface area (Å²) < 4.78 is 0. The van der Waals surface area contributed by atoms with Crippen molar-refractivity contribution < 1.29 is 0 Å². The minimum absolute atomic E-state index is 0. The molecule has 0 spiro atoms. The average Bonchev–Trinajstić information content (AvgIpc) is 2.15. The van der Waals surface area contributed by atoms with Gasteiger partial charge in [0, 0.05) is 11.1 Å². The molecule has 0 saturated heterocycles. The van der Waals surface area contributed by atoms with E-state index in [4.69, 9.17) is 11.5 Å². The van der Waals surface area contributed by atoms with Gasteiger partial charge in [0.05, 0.1) is 0 Å². The van der Waals surface area contributed by atoms with Gasteiger partial charge in [-0.05, 0) is 25.7 Å². The van der Waals surface area contributed by atoms with Gasteiger partial charge < -0.3 is 11.5 Å². The van der Waals surface area contributed by atoms with Crippen molar-refractivity contribution in [3.63, 3.8) is 0 Å². The van der Waals surface area contributed by atoms with E-state index < -0.39 is 0 Å². The summed E-state index contributed by atoms with van der Waals surface area (Å²) in [4.78, 5) is 0. The van der Waals surface area contributed by atoms with E-state index in [-0.39, 0.29) is 40.6 Å². The SMILES string of the molecule is CCC(N)(CC)C(N)(CC)CC.[NaH]. The monoisotopic (exact) mass is 196 g/mol. The molecular formula is C10H25N2Na. The van der Waals surface area contributed by atoms with Crippen molar-refractivity contribution in [1.82, 2.24) is 0 Å². The Labute approximate surface area is 105 Å². The van der Waals surface area contributed by atoms with Gasteiger partial charge in [-0.15, -0.1) is 0 Å². The Morgan fingerprint density at radius 2 is 0.846 bits per heavy atom. The number of hydrogen-bond donors (Lipinski definition) is 2. The topological polar surface area (TPSA) is 52.0 Å². The summed E-state index contributed by atoms with van der Waals surface area (Å²) in [7, 11) is 0. The summed E-state index contributed by atoms with van der Waals surface area (Å²) in [6, 6.07) is 0. The minimum atomic E-state index is -0.184. The van der Waals surface area contributed by atoms with Crippen LogP contribution in [0.2, 0.25) is 0 Å². The first-order valence-electron chi connectivity index (χ1n) is 5.07. The van der Waals surface area contributed by atoms with Crippen LogP contribution in [0.25, 0.3) is 0 Å². The van der Waals surface area contributed by atoms with Crippen LogP contribution < -0.4 is 11.5 Å². The average molecular weight is 196 g/mol. The Kier molecular flexibility index (Phi) is 8.07. The third-order valence-corrected chi connectivity index (χ3v) is 3.52. The zero-order valence-corrected chi connectivity index (χ0v) is 8.98. The van der Waals surface area contributed by atoms with E-state index >= 15 is 0 Å². The molecule has 3 heteroatoms. The second-order valence-electron chi connectivity index (χ2n) is 3.73. The van der Waals surface area contributed by atoms with Crippen molar-refractivity contribution in [2.75, 3.05) is 0 Å². The number of nitrogens with two attached hydrogens (primary N) is 2. The van der Waals surface area contributed by atoms with E-state index in [0.717, 1.165) is 25.7 Å². The van der Waals surface area contributed by atoms with Crippen molar-refractivity contribution in [3.05, 3.63) is 0 Å². The van der Waals surface area contributed by atoms with Gasteiger partial charge in [0.2, 0.25) is 0 Å². The second kappa shape index (κ2) is 6.41. The molecule has 0 aliphatic carbocycles. The summed E-state index contributed by atoms with van der Waals surface area (Å²) >= 11 is 0. The van der Waals surface area contributed by atoms with Gasteiger partial charge in [0.25, 0.3) is 0 Å². The van der Waals surface area contributed by atoms with E-state index in [1.807, 2.05) is 0 Å². The van der Waals surface area contributed by atoms with Gasteiger partial charge in [0.1, 0.15) is 0 Å². The molecule has 0 rings (SSSR count). The molecular weight excluding hydrogens is 171 g/mol. The van der Waals surface area contributed by atoms with E-state index in [2.05, 4.69) is 27.7 Å². The normalized spacial score (nSPS) is 12.5. The van der Waals surface area contributed by atoms with Gasteiger partial charge in [-0.3, -0.25) is 0 Å². The summed E-state index contributed by atoms with van der Waals surface area (Å²) in [5.74, 6) is 0. The maximum absolute atomic E-state index is 6.27. The molecule has 13 heavy (non-hydrogen) atoms. The van der Waals surface area contributed by atoms with Crippen LogP contribution in [-0.4, -0.2) is 40.6 Å². The third kappa shape index (κ3) is 3.21. The molecule has 0 bridgehead atoms. The van der Waals surface area contributed by atoms with Crippen LogP contribution in [0.15, 0.2) is 0 Å². The zero-order valence-electron chi connectivity index (χ0n) is 8.98. The van der Waals surface area contributed by atoms with Crippen LogP contribution in [0.5, 0.6) is 0 Å². The quantitative estimate of drug-likeness (QED) is 0.653. The van der Waals surface area contributed by atoms with Crippen LogP contribution in [-0.2, 0) is 0 Å². The van der Waals surface area contributed by atoms with Crippen LogP contribution in [0.4, 0.5) is 0 Å². The third-order valence-electron chi connectivity index (χ3n) is 3.52. The Morgan fingerprint density at radius 3 is 0.923 bits per heavy atom. The van der Waals surface area contributed by atoms with Crippen molar-refractivity contribution in [3.8, 4) is 0 Å². The van der Waals surface area contributed by atoms with E-state index in [0.29, 0.717) is 0 Å². The van der Waals surface area contributed by atoms with Crippen molar-refractivity contribution in [1.29, 1.82) is 0 Å². The van der Waals surface area contributed by atoms with E-state index in [9.17, 15) is 0 Å². The summed E-state index contributed by atoms with van der Waals surface area (Å²) in [5, 5.41) is 0. The fourth-order valence-electron chi connectivity index (χ4n) is 1.91. The first kappa shape index (κ1) is 16.4. The van der Waals surface area contributed by atoms with Crippen LogP contribution >= 0.6 is 0 Å². The molecule has 0 aliphatic heterocycles. The fraction of sp³-hybridized carbons (Fsp3) is 1.00. The molecule has 2 nitrogen and oxygen atoms in total. The predicted octanol–water partition coefficient (Wildman–Crippen LogP) is 1.37. The molecule has 4 N–H and O–H groups in total. The van der Waals surface area contributed by atoms with Crippen molar-refractivity contribution in [2.45, 2.75) is 64.5 Å². The van der Waals surface area contributed by atoms with Gasteiger partial charge in [-0.2, -0.15) is 0 Å². The summed E-state index contributed by atoms with van der Waals surface area (Å²) in [5.41, 5.74) is 12.2. The zero-order chi connectivity index (χ0) is 9.83. The molecule has 0 aromatic carbocycles. The van der Waals surface area contributed by atoms with Crippen LogP contribution in [0.1, 0.15) is 53.4 Å². The van der Waals surface area contributed by atoms with Gasteiger partial charge >= 0.3 is 29.6 Å². The molecule has 0 heterocycles. The Morgan fingerprint density at radius 1 is 0.692 bits per heavy atom. The Bertz CT molecular complexity index is 113. The van der Waals surface area contributed by atoms with Gasteiger partial charge in [-0.25, -0.2) is 0 Å². The molecule has 0 aromatic rings. The standard InChI is InChI=1S/C10H24N2.Na.H/c1-5-9(11,6-2)10(12,7-3)8-4;;/h5-8,11-12H2,1-4H3;;. The van der Waals surface area contributed by atoms with Crippen LogP contribution in [0.3, 0.4) is 0 Å². The molecule has 0 aliphatic rings. The summed E-state index contributed by atoms with van der Waals surface area (Å²) in [6.45, 7) is 8.49. The molecule has 0 saturated carbocycles. The molecule has 0 aromatic heterocycles. The Hall–Kier alpha value is 0.920. The number of hydrogen-bond acceptors (Lipinski definition) is 2. The van der Waals surface area contributed by atoms with Gasteiger partial charge in [-0.1, -0.05) is 27.7 Å².